The van der Waals surface area contributed by atoms with E-state index in [1.807, 2.05) is 0 Å². The van der Waals surface area contributed by atoms with E-state index in [1.54, 1.807) is 0 Å². The lowest BCUT2D eigenvalue weighted by Crippen LogP contribution is -2.22. The molecule has 0 bridgehead atoms. The summed E-state index contributed by atoms with van der Waals surface area (Å²) in [6.45, 7) is 0.905. The molecule has 0 amide bonds. The van der Waals surface area contributed by atoms with Gasteiger partial charge in [0.1, 0.15) is 0 Å². The van der Waals surface area contributed by atoms with E-state index in [1.165, 1.54) is 44.9 Å². The molecular weight excluding hydrogens is 146 g/mol. The molecule has 0 heterocycles. The molecule has 3 unspecified atom stereocenters. The minimum absolute atomic E-state index is 0.905. The Bertz CT molecular complexity index is 144. The smallest absolute Gasteiger partial charge is 0.00746 e. The van der Waals surface area contributed by atoms with Gasteiger partial charge in [-0.1, -0.05) is 25.7 Å². The third-order valence-electron chi connectivity index (χ3n) is 3.97. The lowest BCUT2D eigenvalue weighted by atomic mass is 9.75. The molecule has 12 heavy (non-hydrogen) atoms. The molecule has 2 rings (SSSR count). The van der Waals surface area contributed by atoms with Gasteiger partial charge in [-0.2, -0.15) is 0 Å². The van der Waals surface area contributed by atoms with Gasteiger partial charge in [0.2, 0.25) is 0 Å². The number of fused-ring (bicyclic) bond motifs is 1. The Balaban J connectivity index is 1.84. The van der Waals surface area contributed by atoms with Crippen molar-refractivity contribution in [3.63, 3.8) is 0 Å². The van der Waals surface area contributed by atoms with Gasteiger partial charge in [0, 0.05) is 0 Å². The first kappa shape index (κ1) is 8.55. The Morgan fingerprint density at radius 3 is 2.67 bits per heavy atom. The molecule has 2 saturated carbocycles. The minimum atomic E-state index is 0.905. The van der Waals surface area contributed by atoms with Crippen LogP contribution in [0.4, 0.5) is 0 Å². The predicted molar refractivity (Wildman–Crippen MR) is 51.8 cm³/mol. The van der Waals surface area contributed by atoms with Crippen LogP contribution in [0, 0.1) is 17.8 Å². The third-order valence-corrected chi connectivity index (χ3v) is 3.97. The second-order valence-electron chi connectivity index (χ2n) is 4.71. The summed E-state index contributed by atoms with van der Waals surface area (Å²) >= 11 is 0. The highest BCUT2D eigenvalue weighted by atomic mass is 14.5. The highest BCUT2D eigenvalue weighted by molar-refractivity contribution is 4.84. The molecule has 2 aliphatic rings. The largest absolute Gasteiger partial charge is 0.330 e. The normalized spacial score (nSPS) is 41.2. The summed E-state index contributed by atoms with van der Waals surface area (Å²) in [4.78, 5) is 0. The first-order valence-electron chi connectivity index (χ1n) is 5.60. The summed E-state index contributed by atoms with van der Waals surface area (Å²) in [5, 5.41) is 0. The van der Waals surface area contributed by atoms with Crippen LogP contribution in [-0.2, 0) is 0 Å². The fourth-order valence-electron chi connectivity index (χ4n) is 3.30. The Morgan fingerprint density at radius 1 is 1.00 bits per heavy atom. The van der Waals surface area contributed by atoms with Gasteiger partial charge in [-0.25, -0.2) is 0 Å². The summed E-state index contributed by atoms with van der Waals surface area (Å²) in [5.41, 5.74) is 5.60. The van der Waals surface area contributed by atoms with Crippen LogP contribution in [0.2, 0.25) is 0 Å². The lowest BCUT2D eigenvalue weighted by Gasteiger charge is -2.31. The van der Waals surface area contributed by atoms with Gasteiger partial charge in [-0.15, -0.1) is 0 Å². The third kappa shape index (κ3) is 1.66. The molecule has 0 aromatic carbocycles. The average Bonchev–Trinajstić information content (AvgIpc) is 2.51. The topological polar surface area (TPSA) is 26.0 Å². The van der Waals surface area contributed by atoms with E-state index in [0.29, 0.717) is 0 Å². The van der Waals surface area contributed by atoms with E-state index in [2.05, 4.69) is 0 Å². The van der Waals surface area contributed by atoms with Crippen molar-refractivity contribution in [3.05, 3.63) is 0 Å². The highest BCUT2D eigenvalue weighted by Gasteiger charge is 2.33. The van der Waals surface area contributed by atoms with E-state index >= 15 is 0 Å². The van der Waals surface area contributed by atoms with Crippen LogP contribution < -0.4 is 5.73 Å². The van der Waals surface area contributed by atoms with Gasteiger partial charge in [-0.05, 0) is 43.6 Å². The zero-order valence-corrected chi connectivity index (χ0v) is 7.97. The Labute approximate surface area is 75.7 Å². The summed E-state index contributed by atoms with van der Waals surface area (Å²) in [6, 6.07) is 0. The summed E-state index contributed by atoms with van der Waals surface area (Å²) in [5.74, 6) is 3.18. The van der Waals surface area contributed by atoms with Gasteiger partial charge in [0.15, 0.2) is 0 Å². The molecule has 2 N–H and O–H groups in total. The second kappa shape index (κ2) is 3.78. The van der Waals surface area contributed by atoms with Crippen LogP contribution in [0.3, 0.4) is 0 Å². The Kier molecular flexibility index (Phi) is 2.69. The molecule has 70 valence electrons. The molecule has 0 aromatic rings. The van der Waals surface area contributed by atoms with Crippen LogP contribution in [0.15, 0.2) is 0 Å². The first-order chi connectivity index (χ1) is 5.90. The molecule has 0 spiro atoms. The number of rotatable bonds is 2. The molecular formula is C11H21N. The van der Waals surface area contributed by atoms with Crippen molar-refractivity contribution >= 4 is 0 Å². The minimum Gasteiger partial charge on any atom is -0.330 e. The Hall–Kier alpha value is -0.0400. The van der Waals surface area contributed by atoms with Crippen LogP contribution in [-0.4, -0.2) is 6.54 Å². The molecule has 2 fully saturated rings. The van der Waals surface area contributed by atoms with Gasteiger partial charge in [0.05, 0.1) is 0 Å². The zero-order chi connectivity index (χ0) is 8.39. The van der Waals surface area contributed by atoms with Crippen molar-refractivity contribution in [2.75, 3.05) is 6.54 Å². The van der Waals surface area contributed by atoms with E-state index in [0.717, 1.165) is 24.3 Å². The van der Waals surface area contributed by atoms with Crippen molar-refractivity contribution < 1.29 is 0 Å². The van der Waals surface area contributed by atoms with Crippen LogP contribution in [0.25, 0.3) is 0 Å². The van der Waals surface area contributed by atoms with Gasteiger partial charge < -0.3 is 5.73 Å². The SMILES string of the molecule is NCCC1CCC2CCCC2C1. The molecule has 3 atom stereocenters. The first-order valence-corrected chi connectivity index (χ1v) is 5.60. The maximum Gasteiger partial charge on any atom is -0.00746 e. The molecule has 0 radical (unpaired) electrons. The summed E-state index contributed by atoms with van der Waals surface area (Å²) < 4.78 is 0. The van der Waals surface area contributed by atoms with Crippen molar-refractivity contribution in [2.45, 2.75) is 44.9 Å². The molecule has 0 aliphatic heterocycles. The monoisotopic (exact) mass is 167 g/mol. The number of hydrogen-bond donors (Lipinski definition) is 1. The average molecular weight is 167 g/mol. The molecule has 0 aromatic heterocycles. The van der Waals surface area contributed by atoms with E-state index in [4.69, 9.17) is 5.73 Å². The number of nitrogens with two attached hydrogens (primary N) is 1. The summed E-state index contributed by atoms with van der Waals surface area (Å²) in [7, 11) is 0. The van der Waals surface area contributed by atoms with Gasteiger partial charge >= 0.3 is 0 Å². The second-order valence-corrected chi connectivity index (χ2v) is 4.71. The highest BCUT2D eigenvalue weighted by Crippen LogP contribution is 2.44. The molecule has 2 aliphatic carbocycles. The van der Waals surface area contributed by atoms with Crippen LogP contribution in [0.5, 0.6) is 0 Å². The zero-order valence-electron chi connectivity index (χ0n) is 7.97. The molecule has 0 saturated heterocycles. The standard InChI is InChI=1S/C11H21N/c12-7-6-9-4-5-10-2-1-3-11(10)8-9/h9-11H,1-8,12H2. The maximum atomic E-state index is 5.60. The van der Waals surface area contributed by atoms with Gasteiger partial charge in [-0.3, -0.25) is 0 Å². The van der Waals surface area contributed by atoms with E-state index < -0.39 is 0 Å². The Morgan fingerprint density at radius 2 is 1.83 bits per heavy atom. The predicted octanol–water partition coefficient (Wildman–Crippen LogP) is 2.55. The molecule has 1 nitrogen and oxygen atoms in total. The van der Waals surface area contributed by atoms with Gasteiger partial charge in [0.25, 0.3) is 0 Å². The molecule has 1 heteroatoms. The van der Waals surface area contributed by atoms with Crippen LogP contribution in [0.1, 0.15) is 44.9 Å². The quantitative estimate of drug-likeness (QED) is 0.672. The van der Waals surface area contributed by atoms with Crippen molar-refractivity contribution in [2.24, 2.45) is 23.5 Å². The van der Waals surface area contributed by atoms with Crippen molar-refractivity contribution in [1.82, 2.24) is 0 Å². The number of hydrogen-bond acceptors (Lipinski definition) is 1. The fraction of sp³-hybridized carbons (Fsp3) is 1.00. The summed E-state index contributed by atoms with van der Waals surface area (Å²) in [6.07, 6.45) is 10.3. The van der Waals surface area contributed by atoms with E-state index in [-0.39, 0.29) is 0 Å². The van der Waals surface area contributed by atoms with E-state index in [9.17, 15) is 0 Å². The van der Waals surface area contributed by atoms with Crippen molar-refractivity contribution in [3.8, 4) is 0 Å². The maximum absolute atomic E-state index is 5.60. The lowest BCUT2D eigenvalue weighted by molar-refractivity contribution is 0.202. The fourth-order valence-corrected chi connectivity index (χ4v) is 3.30. The van der Waals surface area contributed by atoms with Crippen molar-refractivity contribution in [1.29, 1.82) is 0 Å². The van der Waals surface area contributed by atoms with Crippen LogP contribution >= 0.6 is 0 Å².